The monoisotopic (exact) mass is 345 g/mol. The number of rotatable bonds is 2. The Morgan fingerprint density at radius 1 is 1.12 bits per heavy atom. The van der Waals surface area contributed by atoms with E-state index in [2.05, 4.69) is 15.3 Å². The quantitative estimate of drug-likeness (QED) is 0.905. The third kappa shape index (κ3) is 2.61. The van der Waals surface area contributed by atoms with Gasteiger partial charge in [0.2, 0.25) is 5.91 Å². The van der Waals surface area contributed by atoms with Crippen LogP contribution in [0.15, 0.2) is 12.1 Å². The van der Waals surface area contributed by atoms with Crippen LogP contribution in [0.5, 0.6) is 0 Å². The maximum atomic E-state index is 15.2. The minimum Gasteiger partial charge on any atom is -0.369 e. The predicted octanol–water partition coefficient (Wildman–Crippen LogP) is 2.15. The second-order valence-electron chi connectivity index (χ2n) is 6.54. The Bertz CT molecular complexity index is 856. The van der Waals surface area contributed by atoms with Crippen molar-refractivity contribution in [3.63, 3.8) is 0 Å². The van der Waals surface area contributed by atoms with E-state index in [-0.39, 0.29) is 24.7 Å². The first-order valence-corrected chi connectivity index (χ1v) is 8.58. The van der Waals surface area contributed by atoms with Gasteiger partial charge in [0.25, 0.3) is 0 Å². The standard InChI is InChI=1S/C17H20FN5O2/c1-21-15-11(16(20-21)23-10-7-13(24)19-17(23)25)5-6-12(14(15)18)22-8-3-2-4-9-22/h5-6H,2-4,7-10H2,1H3,(H,19,24,25). The molecule has 2 aliphatic heterocycles. The van der Waals surface area contributed by atoms with Crippen LogP contribution in [0.3, 0.4) is 0 Å². The Kier molecular flexibility index (Phi) is 3.82. The number of nitrogens with one attached hydrogen (secondary N) is 1. The molecule has 0 atom stereocenters. The fourth-order valence-electron chi connectivity index (χ4n) is 3.64. The maximum absolute atomic E-state index is 15.2. The Balaban J connectivity index is 1.77. The number of urea groups is 1. The first-order valence-electron chi connectivity index (χ1n) is 8.58. The first kappa shape index (κ1) is 15.9. The summed E-state index contributed by atoms with van der Waals surface area (Å²) in [7, 11) is 1.67. The highest BCUT2D eigenvalue weighted by Gasteiger charge is 2.29. The molecule has 1 aromatic heterocycles. The second-order valence-corrected chi connectivity index (χ2v) is 6.54. The van der Waals surface area contributed by atoms with Crippen molar-refractivity contribution in [2.24, 2.45) is 7.05 Å². The van der Waals surface area contributed by atoms with Gasteiger partial charge < -0.3 is 4.90 Å². The molecule has 0 radical (unpaired) electrons. The summed E-state index contributed by atoms with van der Waals surface area (Å²) in [5.41, 5.74) is 0.961. The molecule has 0 saturated carbocycles. The molecule has 2 aliphatic rings. The van der Waals surface area contributed by atoms with Gasteiger partial charge in [-0.2, -0.15) is 5.10 Å². The number of hydrogen-bond acceptors (Lipinski definition) is 4. The van der Waals surface area contributed by atoms with Crippen molar-refractivity contribution in [2.75, 3.05) is 29.4 Å². The fourth-order valence-corrected chi connectivity index (χ4v) is 3.64. The van der Waals surface area contributed by atoms with Gasteiger partial charge in [0.1, 0.15) is 5.52 Å². The number of carbonyl (C=O) groups is 2. The SMILES string of the molecule is Cn1nc(N2CCC(=O)NC2=O)c2ccc(N3CCCCC3)c(F)c21. The zero-order chi connectivity index (χ0) is 17.6. The van der Waals surface area contributed by atoms with E-state index >= 15 is 4.39 Å². The van der Waals surface area contributed by atoms with E-state index in [9.17, 15) is 9.59 Å². The summed E-state index contributed by atoms with van der Waals surface area (Å²) in [4.78, 5) is 26.9. The summed E-state index contributed by atoms with van der Waals surface area (Å²) in [5, 5.41) is 7.20. The van der Waals surface area contributed by atoms with Crippen LogP contribution in [0.2, 0.25) is 0 Å². The van der Waals surface area contributed by atoms with Gasteiger partial charge in [-0.3, -0.25) is 19.7 Å². The summed E-state index contributed by atoms with van der Waals surface area (Å²) in [6.45, 7) is 1.94. The lowest BCUT2D eigenvalue weighted by molar-refractivity contribution is -0.120. The molecule has 0 bridgehead atoms. The Morgan fingerprint density at radius 3 is 2.60 bits per heavy atom. The number of carbonyl (C=O) groups excluding carboxylic acids is 2. The number of nitrogens with zero attached hydrogens (tertiary/aromatic N) is 4. The van der Waals surface area contributed by atoms with Crippen LogP contribution in [-0.2, 0) is 11.8 Å². The van der Waals surface area contributed by atoms with Gasteiger partial charge in [-0.15, -0.1) is 0 Å². The van der Waals surface area contributed by atoms with Gasteiger partial charge in [-0.25, -0.2) is 9.18 Å². The minimum atomic E-state index is -0.517. The van der Waals surface area contributed by atoms with Crippen LogP contribution in [-0.4, -0.2) is 41.4 Å². The Morgan fingerprint density at radius 2 is 1.88 bits per heavy atom. The molecule has 0 aliphatic carbocycles. The fraction of sp³-hybridized carbons (Fsp3) is 0.471. The van der Waals surface area contributed by atoms with Crippen molar-refractivity contribution in [3.8, 4) is 0 Å². The molecule has 1 aromatic carbocycles. The van der Waals surface area contributed by atoms with Crippen molar-refractivity contribution < 1.29 is 14.0 Å². The molecular formula is C17H20FN5O2. The number of aryl methyl sites for hydroxylation is 1. The number of aromatic nitrogens is 2. The average Bonchev–Trinajstić information content (AvgIpc) is 2.93. The third-order valence-electron chi connectivity index (χ3n) is 4.91. The molecule has 0 spiro atoms. The van der Waals surface area contributed by atoms with Crippen LogP contribution in [0.25, 0.3) is 10.9 Å². The van der Waals surface area contributed by atoms with Crippen molar-refractivity contribution >= 4 is 34.3 Å². The van der Waals surface area contributed by atoms with Crippen LogP contribution in [0.1, 0.15) is 25.7 Å². The molecule has 25 heavy (non-hydrogen) atoms. The number of fused-ring (bicyclic) bond motifs is 1. The molecule has 1 N–H and O–H groups in total. The first-order chi connectivity index (χ1) is 12.1. The Labute approximate surface area is 144 Å². The van der Waals surface area contributed by atoms with E-state index in [0.29, 0.717) is 22.4 Å². The molecule has 2 aromatic rings. The van der Waals surface area contributed by atoms with E-state index in [1.54, 1.807) is 13.1 Å². The number of piperidine rings is 1. The van der Waals surface area contributed by atoms with Gasteiger partial charge in [-0.05, 0) is 31.4 Å². The minimum absolute atomic E-state index is 0.206. The number of hydrogen-bond donors (Lipinski definition) is 1. The van der Waals surface area contributed by atoms with Crippen molar-refractivity contribution in [2.45, 2.75) is 25.7 Å². The zero-order valence-electron chi connectivity index (χ0n) is 14.1. The topological polar surface area (TPSA) is 70.5 Å². The molecule has 3 amide bonds. The second kappa shape index (κ2) is 6.02. The number of halogens is 1. The number of benzene rings is 1. The lowest BCUT2D eigenvalue weighted by Crippen LogP contribution is -2.49. The van der Waals surface area contributed by atoms with E-state index in [0.717, 1.165) is 25.9 Å². The van der Waals surface area contributed by atoms with E-state index in [1.807, 2.05) is 6.07 Å². The lowest BCUT2D eigenvalue weighted by atomic mass is 10.1. The van der Waals surface area contributed by atoms with E-state index in [4.69, 9.17) is 0 Å². The van der Waals surface area contributed by atoms with Gasteiger partial charge in [0.15, 0.2) is 11.6 Å². The van der Waals surface area contributed by atoms with Gasteiger partial charge in [0, 0.05) is 38.5 Å². The molecular weight excluding hydrogens is 325 g/mol. The molecule has 132 valence electrons. The molecule has 4 rings (SSSR count). The normalized spacial score (nSPS) is 18.8. The molecule has 7 nitrogen and oxygen atoms in total. The summed E-state index contributed by atoms with van der Waals surface area (Å²) >= 11 is 0. The maximum Gasteiger partial charge on any atom is 0.329 e. The highest BCUT2D eigenvalue weighted by molar-refractivity contribution is 6.09. The molecule has 0 unspecified atom stereocenters. The summed E-state index contributed by atoms with van der Waals surface area (Å²) in [5.74, 6) is -0.235. The van der Waals surface area contributed by atoms with Crippen LogP contribution < -0.4 is 15.1 Å². The molecule has 2 fully saturated rings. The number of amides is 3. The zero-order valence-corrected chi connectivity index (χ0v) is 14.1. The Hall–Kier alpha value is -2.64. The van der Waals surface area contributed by atoms with Crippen molar-refractivity contribution in [3.05, 3.63) is 17.9 Å². The van der Waals surface area contributed by atoms with Crippen LogP contribution >= 0.6 is 0 Å². The molecule has 3 heterocycles. The van der Waals surface area contributed by atoms with Gasteiger partial charge in [-0.1, -0.05) is 0 Å². The highest BCUT2D eigenvalue weighted by Crippen LogP contribution is 2.34. The number of imide groups is 1. The largest absolute Gasteiger partial charge is 0.369 e. The van der Waals surface area contributed by atoms with E-state index in [1.165, 1.54) is 16.0 Å². The molecule has 8 heteroatoms. The average molecular weight is 345 g/mol. The van der Waals surface area contributed by atoms with Crippen LogP contribution in [0.4, 0.5) is 20.7 Å². The van der Waals surface area contributed by atoms with Crippen molar-refractivity contribution in [1.82, 2.24) is 15.1 Å². The molecule has 2 saturated heterocycles. The summed E-state index contributed by atoms with van der Waals surface area (Å²) < 4.78 is 16.6. The van der Waals surface area contributed by atoms with Gasteiger partial charge in [0.05, 0.1) is 5.69 Å². The lowest BCUT2D eigenvalue weighted by Gasteiger charge is -2.29. The smallest absolute Gasteiger partial charge is 0.329 e. The summed E-state index contributed by atoms with van der Waals surface area (Å²) in [6, 6.07) is 3.06. The van der Waals surface area contributed by atoms with Gasteiger partial charge >= 0.3 is 6.03 Å². The number of anilines is 2. The highest BCUT2D eigenvalue weighted by atomic mass is 19.1. The van der Waals surface area contributed by atoms with Crippen LogP contribution in [0, 0.1) is 5.82 Å². The van der Waals surface area contributed by atoms with Crippen molar-refractivity contribution in [1.29, 1.82) is 0 Å². The summed E-state index contributed by atoms with van der Waals surface area (Å²) in [6.07, 6.45) is 3.52. The van der Waals surface area contributed by atoms with E-state index < -0.39 is 6.03 Å². The third-order valence-corrected chi connectivity index (χ3v) is 4.91. The predicted molar refractivity (Wildman–Crippen MR) is 92.2 cm³/mol.